The smallest absolute Gasteiger partial charge is 0.328 e. The summed E-state index contributed by atoms with van der Waals surface area (Å²) in [5.74, 6) is -1.75. The Morgan fingerprint density at radius 2 is 1.13 bits per heavy atom. The van der Waals surface area contributed by atoms with Crippen LogP contribution in [0.4, 0.5) is 26.3 Å². The number of halogens is 6. The second-order valence-corrected chi connectivity index (χ2v) is 11.3. The van der Waals surface area contributed by atoms with Gasteiger partial charge in [0, 0.05) is 6.42 Å². The molecule has 0 aromatic carbocycles. The van der Waals surface area contributed by atoms with E-state index in [0.717, 1.165) is 19.3 Å². The maximum absolute atomic E-state index is 13.2. The minimum Gasteiger partial charge on any atom is -0.344 e. The van der Waals surface area contributed by atoms with Crippen molar-refractivity contribution >= 4 is 25.4 Å². The lowest BCUT2D eigenvalue weighted by atomic mass is 10.0. The van der Waals surface area contributed by atoms with Crippen LogP contribution in [0.25, 0.3) is 0 Å². The van der Waals surface area contributed by atoms with Gasteiger partial charge in [-0.05, 0) is 25.7 Å². The van der Waals surface area contributed by atoms with E-state index in [2.05, 4.69) is 6.92 Å². The number of hydrogen-bond acceptors (Lipinski definition) is 7. The monoisotopic (exact) mass is 614 g/mol. The molecule has 8 N–H and O–H groups in total. The van der Waals surface area contributed by atoms with E-state index in [-0.39, 0.29) is 31.6 Å². The number of carbonyl (C=O) groups excluding carboxylic acids is 1. The van der Waals surface area contributed by atoms with Crippen molar-refractivity contribution in [2.45, 2.75) is 115 Å². The molecule has 0 bridgehead atoms. The number of alkyl halides is 6. The molecular formula is C21H44F6N2O7S2. The lowest BCUT2D eigenvalue weighted by Crippen LogP contribution is -2.41. The van der Waals surface area contributed by atoms with Gasteiger partial charge in [0.05, 0.1) is 6.67 Å². The number of rotatable bonds is 19. The zero-order valence-corrected chi connectivity index (χ0v) is 23.4. The molecule has 0 amide bonds. The van der Waals surface area contributed by atoms with Crippen LogP contribution >= 0.6 is 0 Å². The van der Waals surface area contributed by atoms with Crippen LogP contribution in [-0.4, -0.2) is 74.3 Å². The number of hydrogen-bond donors (Lipinski definition) is 4. The quantitative estimate of drug-likeness (QED) is 0.0770. The molecule has 0 heterocycles. The molecule has 5 atom stereocenters. The third-order valence-corrected chi connectivity index (χ3v) is 6.57. The van der Waals surface area contributed by atoms with Crippen LogP contribution in [0.3, 0.4) is 0 Å². The average molecular weight is 615 g/mol. The first-order valence-electron chi connectivity index (χ1n) is 11.8. The van der Waals surface area contributed by atoms with E-state index >= 15 is 0 Å². The first-order chi connectivity index (χ1) is 16.6. The molecule has 0 aromatic rings. The topological polar surface area (TPSA) is 196 Å². The van der Waals surface area contributed by atoms with Crippen molar-refractivity contribution in [3.05, 3.63) is 0 Å². The van der Waals surface area contributed by atoms with Gasteiger partial charge < -0.3 is 12.3 Å². The van der Waals surface area contributed by atoms with Crippen molar-refractivity contribution < 1.29 is 57.1 Å². The van der Waals surface area contributed by atoms with Gasteiger partial charge in [0.1, 0.15) is 11.9 Å². The minimum atomic E-state index is -4.90. The highest BCUT2D eigenvalue weighted by Gasteiger charge is 2.41. The van der Waals surface area contributed by atoms with Gasteiger partial charge >= 0.3 is 10.1 Å². The fourth-order valence-corrected chi connectivity index (χ4v) is 3.98. The summed E-state index contributed by atoms with van der Waals surface area (Å²) in [5.41, 5.74) is 0. The molecule has 5 unspecified atom stereocenters. The van der Waals surface area contributed by atoms with Gasteiger partial charge in [-0.2, -0.15) is 16.8 Å². The molecule has 0 fully saturated rings. The fourth-order valence-electron chi connectivity index (χ4n) is 2.99. The Labute approximate surface area is 222 Å². The zero-order valence-electron chi connectivity index (χ0n) is 21.7. The molecule has 0 saturated heterocycles. The first-order valence-corrected chi connectivity index (χ1v) is 14.8. The SMILES string of the molecule is CCCCCCCCCCC(=O)S(=O)(=O)O.N.N.O=S(=O)(O)CC(F)C(F)C(F)C(F)C(F)CCCCF. The standard InChI is InChI=1S/C11H22O4S.C10H16F6O3S.2H3N/c1-2-3-4-5-6-7-8-9-10-11(12)16(13,14)15;11-4-2-1-3-6(12)8(14)10(16)9(15)7(13)5-20(17,18)19;;/h2-10H2,1H3,(H,13,14,15);6-10H,1-5H2,(H,17,18,19);2*1H3. The minimum absolute atomic E-state index is 0. The number of unbranched alkanes of at least 4 members (excludes halogenated alkanes) is 8. The van der Waals surface area contributed by atoms with Gasteiger partial charge in [-0.15, -0.1) is 0 Å². The van der Waals surface area contributed by atoms with E-state index in [1.54, 1.807) is 0 Å². The van der Waals surface area contributed by atoms with Crippen molar-refractivity contribution in [1.29, 1.82) is 0 Å². The Morgan fingerprint density at radius 1 is 0.684 bits per heavy atom. The van der Waals surface area contributed by atoms with Gasteiger partial charge in [0.2, 0.25) is 0 Å². The summed E-state index contributed by atoms with van der Waals surface area (Å²) in [6.07, 6.45) is -7.18. The van der Waals surface area contributed by atoms with Gasteiger partial charge in [0.25, 0.3) is 15.2 Å². The highest BCUT2D eigenvalue weighted by Crippen LogP contribution is 2.24. The molecule has 0 aliphatic rings. The molecule has 0 rings (SSSR count). The van der Waals surface area contributed by atoms with Crippen molar-refractivity contribution in [2.24, 2.45) is 0 Å². The normalized spacial score (nSPS) is 15.5. The maximum Gasteiger partial charge on any atom is 0.328 e. The first kappa shape index (κ1) is 44.0. The molecule has 0 radical (unpaired) electrons. The predicted molar refractivity (Wildman–Crippen MR) is 135 cm³/mol. The van der Waals surface area contributed by atoms with Gasteiger partial charge in [-0.3, -0.25) is 18.3 Å². The molecule has 9 nitrogen and oxygen atoms in total. The van der Waals surface area contributed by atoms with Crippen molar-refractivity contribution in [1.82, 2.24) is 12.3 Å². The van der Waals surface area contributed by atoms with Crippen molar-refractivity contribution in [3.63, 3.8) is 0 Å². The molecule has 0 saturated carbocycles. The van der Waals surface area contributed by atoms with E-state index in [4.69, 9.17) is 9.11 Å². The van der Waals surface area contributed by atoms with Crippen LogP contribution in [-0.2, 0) is 25.0 Å². The van der Waals surface area contributed by atoms with Crippen LogP contribution in [0.15, 0.2) is 0 Å². The van der Waals surface area contributed by atoms with E-state index in [1.165, 1.54) is 25.7 Å². The van der Waals surface area contributed by atoms with Crippen LogP contribution in [0.2, 0.25) is 0 Å². The Bertz CT molecular complexity index is 795. The van der Waals surface area contributed by atoms with E-state index in [0.29, 0.717) is 6.42 Å². The van der Waals surface area contributed by atoms with Crippen LogP contribution < -0.4 is 12.3 Å². The van der Waals surface area contributed by atoms with Crippen LogP contribution in [0.5, 0.6) is 0 Å². The van der Waals surface area contributed by atoms with Gasteiger partial charge in [-0.1, -0.05) is 51.9 Å². The van der Waals surface area contributed by atoms with Gasteiger partial charge in [-0.25, -0.2) is 22.0 Å². The second-order valence-electron chi connectivity index (χ2n) is 8.37. The molecule has 38 heavy (non-hydrogen) atoms. The lowest BCUT2D eigenvalue weighted by Gasteiger charge is -2.22. The third-order valence-electron chi connectivity index (χ3n) is 5.06. The average Bonchev–Trinajstić information content (AvgIpc) is 2.77. The molecule has 0 spiro atoms. The summed E-state index contributed by atoms with van der Waals surface area (Å²) < 4.78 is 135. The van der Waals surface area contributed by atoms with E-state index in [1.807, 2.05) is 0 Å². The van der Waals surface area contributed by atoms with Crippen molar-refractivity contribution in [2.75, 3.05) is 12.4 Å². The Morgan fingerprint density at radius 3 is 1.55 bits per heavy atom. The third kappa shape index (κ3) is 24.1. The summed E-state index contributed by atoms with van der Waals surface area (Å²) >= 11 is 0. The van der Waals surface area contributed by atoms with Crippen molar-refractivity contribution in [3.8, 4) is 0 Å². The molecule has 0 aromatic heterocycles. The van der Waals surface area contributed by atoms with Gasteiger partial charge in [0.15, 0.2) is 24.7 Å². The zero-order chi connectivity index (χ0) is 28.4. The molecular weight excluding hydrogens is 570 g/mol. The predicted octanol–water partition coefficient (Wildman–Crippen LogP) is 5.96. The maximum atomic E-state index is 13.2. The summed E-state index contributed by atoms with van der Waals surface area (Å²) in [7, 11) is -9.35. The molecule has 0 aliphatic carbocycles. The lowest BCUT2D eigenvalue weighted by molar-refractivity contribution is -0.112. The summed E-state index contributed by atoms with van der Waals surface area (Å²) in [6.45, 7) is 1.40. The van der Waals surface area contributed by atoms with Crippen LogP contribution in [0, 0.1) is 0 Å². The molecule has 0 aliphatic heterocycles. The highest BCUT2D eigenvalue weighted by molar-refractivity contribution is 8.01. The Kier molecular flexibility index (Phi) is 27.6. The van der Waals surface area contributed by atoms with Crippen LogP contribution in [0.1, 0.15) is 84.0 Å². The van der Waals surface area contributed by atoms with E-state index < -0.39 is 75.1 Å². The summed E-state index contributed by atoms with van der Waals surface area (Å²) in [5, 5.41) is -1.06. The summed E-state index contributed by atoms with van der Waals surface area (Å²) in [6, 6.07) is 0. The summed E-state index contributed by atoms with van der Waals surface area (Å²) in [4.78, 5) is 10.8. The van der Waals surface area contributed by atoms with E-state index in [9.17, 15) is 48.0 Å². The fraction of sp³-hybridized carbons (Fsp3) is 0.952. The number of carbonyl (C=O) groups is 1. The molecule has 234 valence electrons. The molecule has 17 heteroatoms. The highest BCUT2D eigenvalue weighted by atomic mass is 32.2. The Hall–Kier alpha value is -1.01. The Balaban J connectivity index is -0.000000295. The second kappa shape index (κ2) is 23.8. The largest absolute Gasteiger partial charge is 0.344 e.